The number of rotatable bonds is 3. The SMILES string of the molecule is CCN(C(=O)C1CCOC1)c1cc(C)ccc1C. The van der Waals surface area contributed by atoms with Gasteiger partial charge in [-0.2, -0.15) is 0 Å². The molecule has 2 rings (SSSR count). The lowest BCUT2D eigenvalue weighted by molar-refractivity contribution is -0.122. The van der Waals surface area contributed by atoms with Crippen LogP contribution in [0.3, 0.4) is 0 Å². The highest BCUT2D eigenvalue weighted by Crippen LogP contribution is 2.25. The summed E-state index contributed by atoms with van der Waals surface area (Å²) in [4.78, 5) is 14.4. The van der Waals surface area contributed by atoms with Crippen molar-refractivity contribution in [1.29, 1.82) is 0 Å². The van der Waals surface area contributed by atoms with Crippen molar-refractivity contribution in [3.63, 3.8) is 0 Å². The summed E-state index contributed by atoms with van der Waals surface area (Å²) in [5.41, 5.74) is 3.37. The molecular weight excluding hydrogens is 226 g/mol. The van der Waals surface area contributed by atoms with Gasteiger partial charge >= 0.3 is 0 Å². The van der Waals surface area contributed by atoms with Crippen LogP contribution < -0.4 is 4.90 Å². The lowest BCUT2D eigenvalue weighted by atomic mass is 10.0. The Kier molecular flexibility index (Phi) is 4.02. The number of ether oxygens (including phenoxy) is 1. The molecule has 1 amide bonds. The van der Waals surface area contributed by atoms with E-state index < -0.39 is 0 Å². The van der Waals surface area contributed by atoms with E-state index in [1.165, 1.54) is 5.56 Å². The Morgan fingerprint density at radius 1 is 1.44 bits per heavy atom. The van der Waals surface area contributed by atoms with E-state index in [9.17, 15) is 4.79 Å². The van der Waals surface area contributed by atoms with Crippen molar-refractivity contribution in [2.45, 2.75) is 27.2 Å². The van der Waals surface area contributed by atoms with Crippen LogP contribution in [0, 0.1) is 19.8 Å². The molecule has 1 saturated heterocycles. The molecule has 1 heterocycles. The van der Waals surface area contributed by atoms with Gasteiger partial charge in [-0.15, -0.1) is 0 Å². The van der Waals surface area contributed by atoms with Crippen LogP contribution in [0.4, 0.5) is 5.69 Å². The maximum absolute atomic E-state index is 12.5. The fraction of sp³-hybridized carbons (Fsp3) is 0.533. The van der Waals surface area contributed by atoms with Gasteiger partial charge in [0.15, 0.2) is 0 Å². The van der Waals surface area contributed by atoms with E-state index in [-0.39, 0.29) is 11.8 Å². The van der Waals surface area contributed by atoms with Crippen molar-refractivity contribution in [3.8, 4) is 0 Å². The summed E-state index contributed by atoms with van der Waals surface area (Å²) >= 11 is 0. The molecule has 0 bridgehead atoms. The molecule has 3 nitrogen and oxygen atoms in total. The monoisotopic (exact) mass is 247 g/mol. The second-order valence-electron chi connectivity index (χ2n) is 4.93. The highest BCUT2D eigenvalue weighted by Gasteiger charge is 2.28. The normalized spacial score (nSPS) is 18.9. The van der Waals surface area contributed by atoms with Gasteiger partial charge in [-0.25, -0.2) is 0 Å². The maximum Gasteiger partial charge on any atom is 0.232 e. The van der Waals surface area contributed by atoms with E-state index in [1.54, 1.807) is 0 Å². The summed E-state index contributed by atoms with van der Waals surface area (Å²) in [6.07, 6.45) is 0.847. The number of hydrogen-bond acceptors (Lipinski definition) is 2. The average molecular weight is 247 g/mol. The van der Waals surface area contributed by atoms with Crippen molar-refractivity contribution in [1.82, 2.24) is 0 Å². The van der Waals surface area contributed by atoms with Gasteiger partial charge < -0.3 is 9.64 Å². The number of aryl methyl sites for hydroxylation is 2. The molecule has 0 radical (unpaired) electrons. The minimum absolute atomic E-state index is 0.0323. The third-order valence-electron chi connectivity index (χ3n) is 3.52. The van der Waals surface area contributed by atoms with Crippen LogP contribution in [0.15, 0.2) is 18.2 Å². The van der Waals surface area contributed by atoms with Gasteiger partial charge in [0, 0.05) is 18.8 Å². The molecule has 1 aromatic carbocycles. The minimum Gasteiger partial charge on any atom is -0.381 e. The first-order valence-corrected chi connectivity index (χ1v) is 6.60. The molecule has 18 heavy (non-hydrogen) atoms. The van der Waals surface area contributed by atoms with Crippen LogP contribution in [0.5, 0.6) is 0 Å². The van der Waals surface area contributed by atoms with Gasteiger partial charge in [0.2, 0.25) is 5.91 Å². The molecule has 0 aromatic heterocycles. The van der Waals surface area contributed by atoms with E-state index >= 15 is 0 Å². The molecule has 0 spiro atoms. The first-order valence-electron chi connectivity index (χ1n) is 6.60. The number of nitrogens with zero attached hydrogens (tertiary/aromatic N) is 1. The number of amides is 1. The molecule has 0 saturated carbocycles. The van der Waals surface area contributed by atoms with E-state index in [1.807, 2.05) is 11.8 Å². The van der Waals surface area contributed by atoms with Crippen LogP contribution >= 0.6 is 0 Å². The quantitative estimate of drug-likeness (QED) is 0.822. The fourth-order valence-corrected chi connectivity index (χ4v) is 2.40. The first-order chi connectivity index (χ1) is 8.63. The Bertz CT molecular complexity index is 436. The minimum atomic E-state index is 0.0323. The van der Waals surface area contributed by atoms with Crippen LogP contribution in [0.1, 0.15) is 24.5 Å². The molecule has 1 aliphatic heterocycles. The van der Waals surface area contributed by atoms with Gasteiger partial charge in [0.05, 0.1) is 12.5 Å². The number of hydrogen-bond donors (Lipinski definition) is 0. The molecule has 3 heteroatoms. The van der Waals surface area contributed by atoms with Gasteiger partial charge in [-0.05, 0) is 44.4 Å². The van der Waals surface area contributed by atoms with E-state index in [0.29, 0.717) is 19.8 Å². The van der Waals surface area contributed by atoms with Crippen molar-refractivity contribution < 1.29 is 9.53 Å². The molecule has 1 aromatic rings. The van der Waals surface area contributed by atoms with Crippen LogP contribution in [0.25, 0.3) is 0 Å². The van der Waals surface area contributed by atoms with Crippen molar-refractivity contribution in [2.75, 3.05) is 24.7 Å². The number of benzene rings is 1. The van der Waals surface area contributed by atoms with E-state index in [4.69, 9.17) is 4.74 Å². The summed E-state index contributed by atoms with van der Waals surface area (Å²) in [5.74, 6) is 0.230. The average Bonchev–Trinajstić information content (AvgIpc) is 2.88. The van der Waals surface area contributed by atoms with Gasteiger partial charge in [-0.3, -0.25) is 4.79 Å². The molecule has 1 atom stereocenters. The first kappa shape index (κ1) is 13.1. The van der Waals surface area contributed by atoms with Crippen molar-refractivity contribution in [2.24, 2.45) is 5.92 Å². The maximum atomic E-state index is 12.5. The van der Waals surface area contributed by atoms with E-state index in [2.05, 4.69) is 32.0 Å². The van der Waals surface area contributed by atoms with Crippen LogP contribution in [-0.4, -0.2) is 25.7 Å². The molecular formula is C15H21NO2. The van der Waals surface area contributed by atoms with Crippen LogP contribution in [0.2, 0.25) is 0 Å². The highest BCUT2D eigenvalue weighted by atomic mass is 16.5. The summed E-state index contributed by atoms with van der Waals surface area (Å²) in [5, 5.41) is 0. The van der Waals surface area contributed by atoms with Gasteiger partial charge in [0.25, 0.3) is 0 Å². The fourth-order valence-electron chi connectivity index (χ4n) is 2.40. The Morgan fingerprint density at radius 3 is 2.83 bits per heavy atom. The van der Waals surface area contributed by atoms with E-state index in [0.717, 1.165) is 17.7 Å². The standard InChI is InChI=1S/C15H21NO2/c1-4-16(15(17)13-7-8-18-10-13)14-9-11(2)5-6-12(14)3/h5-6,9,13H,4,7-8,10H2,1-3H3. The van der Waals surface area contributed by atoms with Gasteiger partial charge in [0.1, 0.15) is 0 Å². The molecule has 98 valence electrons. The predicted molar refractivity (Wildman–Crippen MR) is 72.9 cm³/mol. The Balaban J connectivity index is 2.26. The number of anilines is 1. The number of carbonyl (C=O) groups excluding carboxylic acids is 1. The van der Waals surface area contributed by atoms with Crippen LogP contribution in [-0.2, 0) is 9.53 Å². The smallest absolute Gasteiger partial charge is 0.232 e. The largest absolute Gasteiger partial charge is 0.381 e. The molecule has 1 unspecified atom stereocenters. The zero-order chi connectivity index (χ0) is 13.1. The lowest BCUT2D eigenvalue weighted by Gasteiger charge is -2.25. The molecule has 0 N–H and O–H groups in total. The number of carbonyl (C=O) groups is 1. The van der Waals surface area contributed by atoms with Crippen molar-refractivity contribution >= 4 is 11.6 Å². The highest BCUT2D eigenvalue weighted by molar-refractivity contribution is 5.96. The summed E-state index contributed by atoms with van der Waals surface area (Å²) < 4.78 is 5.32. The summed E-state index contributed by atoms with van der Waals surface area (Å²) in [7, 11) is 0. The Labute approximate surface area is 109 Å². The van der Waals surface area contributed by atoms with Crippen molar-refractivity contribution in [3.05, 3.63) is 29.3 Å². The van der Waals surface area contributed by atoms with Gasteiger partial charge in [-0.1, -0.05) is 12.1 Å². The third-order valence-corrected chi connectivity index (χ3v) is 3.52. The molecule has 1 fully saturated rings. The third kappa shape index (κ3) is 2.56. The lowest BCUT2D eigenvalue weighted by Crippen LogP contribution is -2.36. The zero-order valence-electron chi connectivity index (χ0n) is 11.4. The second kappa shape index (κ2) is 5.53. The molecule has 1 aliphatic rings. The predicted octanol–water partition coefficient (Wildman–Crippen LogP) is 2.69. The second-order valence-corrected chi connectivity index (χ2v) is 4.93. The molecule has 0 aliphatic carbocycles. The summed E-state index contributed by atoms with van der Waals surface area (Å²) in [6.45, 7) is 8.12. The topological polar surface area (TPSA) is 29.5 Å². The Hall–Kier alpha value is -1.35. The Morgan fingerprint density at radius 2 is 2.22 bits per heavy atom. The zero-order valence-corrected chi connectivity index (χ0v) is 11.4. The summed E-state index contributed by atoms with van der Waals surface area (Å²) in [6, 6.07) is 6.24.